The molecule has 0 saturated carbocycles. The molecular formula is C17H25N3. The minimum Gasteiger partial charge on any atom is -0.311 e. The number of aryl methyl sites for hydroxylation is 1. The first-order valence-electron chi connectivity index (χ1n) is 7.86. The number of hydrogen-bond acceptors (Lipinski definition) is 2. The molecule has 1 unspecified atom stereocenters. The number of para-hydroxylation sites is 1. The standard InChI is InChI=1S/C17H25N3/c1-4-20-16-9-6-5-8-14(16)15(19-20)12-17(13(2)3)10-7-11-18-17/h5-6,8-9,13,18H,4,7,10-12H2,1-3H3. The van der Waals surface area contributed by atoms with Crippen molar-refractivity contribution < 1.29 is 0 Å². The molecule has 1 aromatic carbocycles. The van der Waals surface area contributed by atoms with Crippen LogP contribution in [0.25, 0.3) is 10.9 Å². The normalized spacial score (nSPS) is 23.0. The summed E-state index contributed by atoms with van der Waals surface area (Å²) in [6.07, 6.45) is 3.58. The fraction of sp³-hybridized carbons (Fsp3) is 0.588. The molecule has 3 nitrogen and oxygen atoms in total. The molecule has 3 heteroatoms. The van der Waals surface area contributed by atoms with Crippen LogP contribution in [0.2, 0.25) is 0 Å². The van der Waals surface area contributed by atoms with Crippen LogP contribution >= 0.6 is 0 Å². The molecule has 1 N–H and O–H groups in total. The van der Waals surface area contributed by atoms with Gasteiger partial charge in [-0.15, -0.1) is 0 Å². The Labute approximate surface area is 121 Å². The van der Waals surface area contributed by atoms with Gasteiger partial charge in [-0.05, 0) is 38.3 Å². The second-order valence-corrected chi connectivity index (χ2v) is 6.30. The summed E-state index contributed by atoms with van der Waals surface area (Å²) < 4.78 is 2.13. The van der Waals surface area contributed by atoms with Gasteiger partial charge in [0.1, 0.15) is 0 Å². The van der Waals surface area contributed by atoms with Crippen molar-refractivity contribution in [2.75, 3.05) is 6.54 Å². The van der Waals surface area contributed by atoms with E-state index in [1.807, 2.05) is 0 Å². The molecule has 108 valence electrons. The summed E-state index contributed by atoms with van der Waals surface area (Å²) >= 11 is 0. The molecule has 1 aliphatic rings. The molecule has 0 aliphatic carbocycles. The average molecular weight is 271 g/mol. The van der Waals surface area contributed by atoms with E-state index in [1.54, 1.807) is 0 Å². The molecule has 1 saturated heterocycles. The maximum atomic E-state index is 4.88. The van der Waals surface area contributed by atoms with E-state index in [9.17, 15) is 0 Å². The number of nitrogens with zero attached hydrogens (tertiary/aromatic N) is 2. The Balaban J connectivity index is 2.02. The number of rotatable bonds is 4. The second-order valence-electron chi connectivity index (χ2n) is 6.30. The molecular weight excluding hydrogens is 246 g/mol. The van der Waals surface area contributed by atoms with Gasteiger partial charge in [0.15, 0.2) is 0 Å². The van der Waals surface area contributed by atoms with Gasteiger partial charge in [0.25, 0.3) is 0 Å². The maximum Gasteiger partial charge on any atom is 0.0721 e. The molecule has 3 rings (SSSR count). The average Bonchev–Trinajstić information content (AvgIpc) is 3.06. The first kappa shape index (κ1) is 13.6. The van der Waals surface area contributed by atoms with Crippen LogP contribution in [0, 0.1) is 5.92 Å². The summed E-state index contributed by atoms with van der Waals surface area (Å²) in [7, 11) is 0. The summed E-state index contributed by atoms with van der Waals surface area (Å²) in [5.41, 5.74) is 2.75. The molecule has 1 fully saturated rings. The van der Waals surface area contributed by atoms with Crippen LogP contribution in [-0.4, -0.2) is 21.9 Å². The molecule has 1 aliphatic heterocycles. The Morgan fingerprint density at radius 3 is 2.80 bits per heavy atom. The van der Waals surface area contributed by atoms with Gasteiger partial charge in [0, 0.05) is 23.9 Å². The fourth-order valence-electron chi connectivity index (χ4n) is 3.54. The zero-order valence-corrected chi connectivity index (χ0v) is 12.8. The van der Waals surface area contributed by atoms with Gasteiger partial charge in [-0.1, -0.05) is 32.0 Å². The number of fused-ring (bicyclic) bond motifs is 1. The summed E-state index contributed by atoms with van der Waals surface area (Å²) in [6, 6.07) is 8.62. The number of nitrogens with one attached hydrogen (secondary N) is 1. The van der Waals surface area contributed by atoms with E-state index in [0.717, 1.165) is 19.5 Å². The molecule has 0 spiro atoms. The fourth-order valence-corrected chi connectivity index (χ4v) is 3.54. The molecule has 1 atom stereocenters. The highest BCUT2D eigenvalue weighted by Gasteiger charge is 2.37. The molecule has 0 radical (unpaired) electrons. The predicted molar refractivity (Wildman–Crippen MR) is 83.9 cm³/mol. The predicted octanol–water partition coefficient (Wildman–Crippen LogP) is 3.38. The number of aromatic nitrogens is 2. The van der Waals surface area contributed by atoms with Gasteiger partial charge >= 0.3 is 0 Å². The minimum absolute atomic E-state index is 0.232. The summed E-state index contributed by atoms with van der Waals surface area (Å²) in [5, 5.41) is 9.96. The lowest BCUT2D eigenvalue weighted by Crippen LogP contribution is -2.46. The second kappa shape index (κ2) is 5.21. The molecule has 2 aromatic rings. The van der Waals surface area contributed by atoms with Crippen molar-refractivity contribution in [2.24, 2.45) is 5.92 Å². The molecule has 2 heterocycles. The minimum atomic E-state index is 0.232. The molecule has 1 aromatic heterocycles. The zero-order chi connectivity index (χ0) is 14.2. The Kier molecular flexibility index (Phi) is 3.55. The van der Waals surface area contributed by atoms with Crippen molar-refractivity contribution in [3.63, 3.8) is 0 Å². The third kappa shape index (κ3) is 2.14. The topological polar surface area (TPSA) is 29.9 Å². The van der Waals surface area contributed by atoms with Crippen LogP contribution in [0.4, 0.5) is 0 Å². The molecule has 20 heavy (non-hydrogen) atoms. The van der Waals surface area contributed by atoms with E-state index >= 15 is 0 Å². The Hall–Kier alpha value is -1.35. The van der Waals surface area contributed by atoms with Crippen molar-refractivity contribution in [1.29, 1.82) is 0 Å². The number of benzene rings is 1. The van der Waals surface area contributed by atoms with E-state index in [0.29, 0.717) is 5.92 Å². The third-order valence-electron chi connectivity index (χ3n) is 4.90. The van der Waals surface area contributed by atoms with Crippen LogP contribution in [0.5, 0.6) is 0 Å². The summed E-state index contributed by atoms with van der Waals surface area (Å²) in [6.45, 7) is 8.90. The smallest absolute Gasteiger partial charge is 0.0721 e. The maximum absolute atomic E-state index is 4.88. The van der Waals surface area contributed by atoms with E-state index in [2.05, 4.69) is 55.0 Å². The molecule has 0 amide bonds. The van der Waals surface area contributed by atoms with E-state index in [-0.39, 0.29) is 5.54 Å². The van der Waals surface area contributed by atoms with Gasteiger partial charge in [-0.2, -0.15) is 5.10 Å². The highest BCUT2D eigenvalue weighted by atomic mass is 15.3. The zero-order valence-electron chi connectivity index (χ0n) is 12.8. The van der Waals surface area contributed by atoms with Crippen molar-refractivity contribution in [3.8, 4) is 0 Å². The van der Waals surface area contributed by atoms with Crippen LogP contribution in [0.1, 0.15) is 39.3 Å². The van der Waals surface area contributed by atoms with Gasteiger partial charge in [0.2, 0.25) is 0 Å². The van der Waals surface area contributed by atoms with Gasteiger partial charge < -0.3 is 5.32 Å². The van der Waals surface area contributed by atoms with Crippen LogP contribution < -0.4 is 5.32 Å². The van der Waals surface area contributed by atoms with E-state index in [1.165, 1.54) is 29.4 Å². The van der Waals surface area contributed by atoms with Gasteiger partial charge in [0.05, 0.1) is 11.2 Å². The van der Waals surface area contributed by atoms with Gasteiger partial charge in [-0.25, -0.2) is 0 Å². The first-order chi connectivity index (χ1) is 9.66. The van der Waals surface area contributed by atoms with Crippen LogP contribution in [0.3, 0.4) is 0 Å². The van der Waals surface area contributed by atoms with Crippen LogP contribution in [-0.2, 0) is 13.0 Å². The lowest BCUT2D eigenvalue weighted by Gasteiger charge is -2.33. The Morgan fingerprint density at radius 2 is 2.15 bits per heavy atom. The van der Waals surface area contributed by atoms with Crippen molar-refractivity contribution in [2.45, 2.75) is 52.1 Å². The van der Waals surface area contributed by atoms with E-state index in [4.69, 9.17) is 5.10 Å². The van der Waals surface area contributed by atoms with Crippen LogP contribution in [0.15, 0.2) is 24.3 Å². The third-order valence-corrected chi connectivity index (χ3v) is 4.90. The highest BCUT2D eigenvalue weighted by molar-refractivity contribution is 5.82. The van der Waals surface area contributed by atoms with E-state index < -0.39 is 0 Å². The summed E-state index contributed by atoms with van der Waals surface area (Å²) in [5.74, 6) is 0.635. The van der Waals surface area contributed by atoms with Crippen molar-refractivity contribution >= 4 is 10.9 Å². The number of hydrogen-bond donors (Lipinski definition) is 1. The molecule has 0 bridgehead atoms. The summed E-state index contributed by atoms with van der Waals surface area (Å²) in [4.78, 5) is 0. The van der Waals surface area contributed by atoms with Crippen molar-refractivity contribution in [1.82, 2.24) is 15.1 Å². The van der Waals surface area contributed by atoms with Gasteiger partial charge in [-0.3, -0.25) is 4.68 Å². The lowest BCUT2D eigenvalue weighted by molar-refractivity contribution is 0.267. The first-order valence-corrected chi connectivity index (χ1v) is 7.86. The quantitative estimate of drug-likeness (QED) is 0.924. The largest absolute Gasteiger partial charge is 0.311 e. The SMILES string of the molecule is CCn1nc(CC2(C(C)C)CCCN2)c2ccccc21. The lowest BCUT2D eigenvalue weighted by atomic mass is 9.80. The highest BCUT2D eigenvalue weighted by Crippen LogP contribution is 2.33. The Bertz CT molecular complexity index is 591. The monoisotopic (exact) mass is 271 g/mol. The Morgan fingerprint density at radius 1 is 1.35 bits per heavy atom. The van der Waals surface area contributed by atoms with Crippen molar-refractivity contribution in [3.05, 3.63) is 30.0 Å².